The predicted octanol–water partition coefficient (Wildman–Crippen LogP) is 3.54. The van der Waals surface area contributed by atoms with E-state index >= 15 is 0 Å². The molecule has 4 N–H and O–H groups in total. The number of hydrogen-bond acceptors (Lipinski definition) is 9. The topological polar surface area (TPSA) is 139 Å². The van der Waals surface area contributed by atoms with E-state index in [1.807, 2.05) is 12.1 Å². The third kappa shape index (κ3) is 5.83. The molecule has 3 amide bonds. The largest absolute Gasteiger partial charge is 0.495 e. The maximum Gasteiger partial charge on any atom is 0.317 e. The van der Waals surface area contributed by atoms with Crippen molar-refractivity contribution in [3.63, 3.8) is 0 Å². The van der Waals surface area contributed by atoms with Crippen molar-refractivity contribution in [3.8, 4) is 22.8 Å². The highest BCUT2D eigenvalue weighted by atomic mass is 35.5. The van der Waals surface area contributed by atoms with Crippen LogP contribution in [0.2, 0.25) is 10.0 Å². The van der Waals surface area contributed by atoms with Gasteiger partial charge in [-0.1, -0.05) is 29.8 Å². The minimum Gasteiger partial charge on any atom is -0.495 e. The summed E-state index contributed by atoms with van der Waals surface area (Å²) in [6.45, 7) is 5.30. The van der Waals surface area contributed by atoms with Gasteiger partial charge in [-0.25, -0.2) is 14.8 Å². The number of likely N-dealkylation sites (tertiary alicyclic amines) is 1. The number of nitrogens with zero attached hydrogens (tertiary/aromatic N) is 3. The van der Waals surface area contributed by atoms with Gasteiger partial charge >= 0.3 is 6.03 Å². The van der Waals surface area contributed by atoms with E-state index in [-0.39, 0.29) is 30.1 Å². The first kappa shape index (κ1) is 29.5. The van der Waals surface area contributed by atoms with Gasteiger partial charge in [0.1, 0.15) is 23.1 Å². The number of aromatic nitrogens is 2. The fourth-order valence-corrected chi connectivity index (χ4v) is 5.63. The predicted molar refractivity (Wildman–Crippen MR) is 162 cm³/mol. The monoisotopic (exact) mass is 615 g/mol. The molecule has 42 heavy (non-hydrogen) atoms. The molecule has 2 aromatic heterocycles. The number of ether oxygens (including phenoxy) is 3. The number of hydrogen-bond donors (Lipinski definition) is 4. The fourth-order valence-electron chi connectivity index (χ4n) is 4.94. The van der Waals surface area contributed by atoms with E-state index in [1.54, 1.807) is 24.2 Å². The summed E-state index contributed by atoms with van der Waals surface area (Å²) in [5.41, 5.74) is 0.969. The molecule has 4 heterocycles. The Kier molecular flexibility index (Phi) is 8.76. The zero-order chi connectivity index (χ0) is 30.0. The molecule has 3 aromatic rings. The highest BCUT2D eigenvalue weighted by Gasteiger charge is 2.36. The lowest BCUT2D eigenvalue weighted by molar-refractivity contribution is -0.117. The molecule has 14 heteroatoms. The number of rotatable bonds is 9. The summed E-state index contributed by atoms with van der Waals surface area (Å²) < 4.78 is 16.3. The second-order valence-corrected chi connectivity index (χ2v) is 10.6. The van der Waals surface area contributed by atoms with Gasteiger partial charge in [-0.3, -0.25) is 4.79 Å². The molecular formula is C28H31Cl2N7O5. The van der Waals surface area contributed by atoms with Gasteiger partial charge in [-0.15, -0.1) is 0 Å². The lowest BCUT2D eigenvalue weighted by Gasteiger charge is -2.28. The Morgan fingerprint density at radius 3 is 2.36 bits per heavy atom. The quantitative estimate of drug-likeness (QED) is 0.266. The summed E-state index contributed by atoms with van der Waals surface area (Å²) in [5, 5.41) is 14.5. The highest BCUT2D eigenvalue weighted by molar-refractivity contribution is 6.41. The van der Waals surface area contributed by atoms with Gasteiger partial charge in [0.15, 0.2) is 0 Å². The lowest BCUT2D eigenvalue weighted by atomic mass is 10.1. The third-order valence-electron chi connectivity index (χ3n) is 7.19. The summed E-state index contributed by atoms with van der Waals surface area (Å²) in [6.07, 6.45) is 2.92. The fraction of sp³-hybridized carbons (Fsp3) is 0.357. The van der Waals surface area contributed by atoms with Gasteiger partial charge in [0.2, 0.25) is 5.91 Å². The van der Waals surface area contributed by atoms with Crippen molar-refractivity contribution in [2.75, 3.05) is 58.2 Å². The molecule has 5 rings (SSSR count). The molecule has 0 spiro atoms. The maximum atomic E-state index is 12.3. The summed E-state index contributed by atoms with van der Waals surface area (Å²) in [4.78, 5) is 35.6. The normalized spacial score (nSPS) is 18.3. The van der Waals surface area contributed by atoms with E-state index in [9.17, 15) is 9.59 Å². The second kappa shape index (κ2) is 12.5. The number of nitrogens with one attached hydrogen (secondary N) is 4. The standard InChI is InChI=1S/C28H31Cl2N7O5/c1-5-23(38)35-19-11-37(28(39)31-2)10-18(19)34-22-7-16-14(9-32-22)6-17(36-27(16)33-15-12-42-13-15)24-25(29)20(40-3)8-21(41-4)26(24)30/h5-9,15,18-19H,1,10-13H2,2-4H3,(H,31,39)(H,32,34)(H,33,36)(H,35,38)/t18-,19+/m1/s1. The van der Waals surface area contributed by atoms with Crippen LogP contribution in [0.4, 0.5) is 16.4 Å². The maximum absolute atomic E-state index is 12.3. The Bertz CT molecular complexity index is 1510. The summed E-state index contributed by atoms with van der Waals surface area (Å²) in [7, 11) is 4.59. The Morgan fingerprint density at radius 1 is 1.07 bits per heavy atom. The second-order valence-electron chi connectivity index (χ2n) is 9.84. The van der Waals surface area contributed by atoms with Gasteiger partial charge < -0.3 is 40.4 Å². The van der Waals surface area contributed by atoms with Crippen molar-refractivity contribution >= 4 is 57.5 Å². The number of pyridine rings is 2. The average Bonchev–Trinajstić information content (AvgIpc) is 3.36. The van der Waals surface area contributed by atoms with Gasteiger partial charge in [-0.05, 0) is 18.2 Å². The first-order valence-corrected chi connectivity index (χ1v) is 13.9. The molecule has 0 unspecified atom stereocenters. The molecule has 0 radical (unpaired) electrons. The molecule has 2 saturated heterocycles. The van der Waals surface area contributed by atoms with Crippen molar-refractivity contribution in [2.45, 2.75) is 18.1 Å². The van der Waals surface area contributed by atoms with Crippen LogP contribution in [0.1, 0.15) is 0 Å². The molecular weight excluding hydrogens is 585 g/mol. The van der Waals surface area contributed by atoms with Crippen LogP contribution in [-0.4, -0.2) is 92.5 Å². The molecule has 0 bridgehead atoms. The first-order valence-electron chi connectivity index (χ1n) is 13.2. The smallest absolute Gasteiger partial charge is 0.317 e. The van der Waals surface area contributed by atoms with E-state index < -0.39 is 0 Å². The molecule has 2 aliphatic rings. The van der Waals surface area contributed by atoms with Gasteiger partial charge in [0.25, 0.3) is 0 Å². The highest BCUT2D eigenvalue weighted by Crippen LogP contribution is 2.46. The van der Waals surface area contributed by atoms with E-state index in [0.717, 1.165) is 10.8 Å². The van der Waals surface area contributed by atoms with Crippen LogP contribution in [0.5, 0.6) is 11.5 Å². The zero-order valence-electron chi connectivity index (χ0n) is 23.3. The number of halogens is 2. The van der Waals surface area contributed by atoms with Crippen LogP contribution in [0.15, 0.2) is 37.1 Å². The van der Waals surface area contributed by atoms with Crippen LogP contribution < -0.4 is 30.7 Å². The lowest BCUT2D eigenvalue weighted by Crippen LogP contribution is -2.45. The van der Waals surface area contributed by atoms with Crippen LogP contribution in [-0.2, 0) is 9.53 Å². The minimum atomic E-state index is -0.358. The van der Waals surface area contributed by atoms with Crippen LogP contribution in [0.3, 0.4) is 0 Å². The summed E-state index contributed by atoms with van der Waals surface area (Å²) in [6, 6.07) is 4.51. The van der Waals surface area contributed by atoms with Gasteiger partial charge in [0, 0.05) is 48.7 Å². The van der Waals surface area contributed by atoms with Gasteiger partial charge in [-0.2, -0.15) is 0 Å². The van der Waals surface area contributed by atoms with Crippen LogP contribution in [0, 0.1) is 0 Å². The Morgan fingerprint density at radius 2 is 1.76 bits per heavy atom. The molecule has 0 aliphatic carbocycles. The van der Waals surface area contributed by atoms with Crippen molar-refractivity contribution in [1.29, 1.82) is 0 Å². The number of fused-ring (bicyclic) bond motifs is 1. The van der Waals surface area contributed by atoms with Crippen LogP contribution >= 0.6 is 23.2 Å². The molecule has 222 valence electrons. The number of benzene rings is 1. The van der Waals surface area contributed by atoms with E-state index in [0.29, 0.717) is 70.7 Å². The van der Waals surface area contributed by atoms with E-state index in [4.69, 9.17) is 42.4 Å². The number of urea groups is 1. The number of carbonyl (C=O) groups excluding carboxylic acids is 2. The molecule has 2 aliphatic heterocycles. The molecule has 0 saturated carbocycles. The molecule has 2 fully saturated rings. The van der Waals surface area contributed by atoms with Crippen molar-refractivity contribution in [1.82, 2.24) is 25.5 Å². The number of amides is 3. The SMILES string of the molecule is C=CC(=O)N[C@H]1CN(C(=O)NC)C[C@H]1Nc1cc2c(NC3COC3)nc(-c3c(Cl)c(OC)cc(OC)c3Cl)cc2cn1. The third-order valence-corrected chi connectivity index (χ3v) is 7.94. The first-order chi connectivity index (χ1) is 20.3. The van der Waals surface area contributed by atoms with Gasteiger partial charge in [0.05, 0.1) is 61.3 Å². The van der Waals surface area contributed by atoms with Crippen molar-refractivity contribution in [3.05, 3.63) is 47.1 Å². The average molecular weight is 617 g/mol. The van der Waals surface area contributed by atoms with Crippen LogP contribution in [0.25, 0.3) is 22.0 Å². The number of methoxy groups -OCH3 is 2. The minimum absolute atomic E-state index is 0.0701. The Hall–Kier alpha value is -4.00. The summed E-state index contributed by atoms with van der Waals surface area (Å²) >= 11 is 13.4. The Labute approximate surface area is 252 Å². The molecule has 2 atom stereocenters. The van der Waals surface area contributed by atoms with E-state index in [1.165, 1.54) is 20.3 Å². The van der Waals surface area contributed by atoms with Crippen molar-refractivity contribution < 1.29 is 23.8 Å². The van der Waals surface area contributed by atoms with E-state index in [2.05, 4.69) is 32.8 Å². The Balaban J connectivity index is 1.54. The number of carbonyl (C=O) groups is 2. The molecule has 1 aromatic carbocycles. The zero-order valence-corrected chi connectivity index (χ0v) is 24.8. The van der Waals surface area contributed by atoms with Crippen molar-refractivity contribution in [2.24, 2.45) is 0 Å². The molecule has 12 nitrogen and oxygen atoms in total. The summed E-state index contributed by atoms with van der Waals surface area (Å²) in [5.74, 6) is 1.61. The number of anilines is 2.